The second-order valence-corrected chi connectivity index (χ2v) is 6.72. The minimum Gasteiger partial charge on any atom is -0.628 e. The van der Waals surface area contributed by atoms with Crippen molar-refractivity contribution in [2.45, 2.75) is 13.0 Å². The van der Waals surface area contributed by atoms with Crippen LogP contribution in [0.4, 0.5) is 0 Å². The van der Waals surface area contributed by atoms with E-state index < -0.39 is 19.7 Å². The van der Waals surface area contributed by atoms with E-state index in [-0.39, 0.29) is 23.8 Å². The van der Waals surface area contributed by atoms with Gasteiger partial charge in [0, 0.05) is 0 Å². The first-order valence-electron chi connectivity index (χ1n) is 5.22. The maximum Gasteiger partial charge on any atom is 0.274 e. The van der Waals surface area contributed by atoms with Crippen molar-refractivity contribution in [1.82, 2.24) is 0 Å². The van der Waals surface area contributed by atoms with E-state index in [1.165, 1.54) is 6.92 Å². The van der Waals surface area contributed by atoms with Gasteiger partial charge in [-0.2, -0.15) is 0 Å². The molecule has 0 aromatic rings. The lowest BCUT2D eigenvalue weighted by molar-refractivity contribution is -0.861. The molecule has 6 heteroatoms. The summed E-state index contributed by atoms with van der Waals surface area (Å²) in [5.74, 6) is -0.536. The smallest absolute Gasteiger partial charge is 0.274 e. The molecular formula is C11H21NO4P+. The average molecular weight is 262 g/mol. The molecule has 98 valence electrons. The highest BCUT2D eigenvalue weighted by Crippen LogP contribution is 2.17. The Balaban J connectivity index is 4.62. The van der Waals surface area contributed by atoms with Crippen molar-refractivity contribution < 1.29 is 24.4 Å². The Kier molecular flexibility index (Phi) is 6.16. The van der Waals surface area contributed by atoms with Gasteiger partial charge in [-0.15, -0.1) is 0 Å². The minimum absolute atomic E-state index is 0.180. The normalized spacial score (nSPS) is 15.2. The molecule has 2 N–H and O–H groups in total. The fraction of sp³-hybridized carbons (Fsp3) is 0.636. The van der Waals surface area contributed by atoms with Crippen LogP contribution in [0.5, 0.6) is 0 Å². The topological polar surface area (TPSA) is 80.6 Å². The summed E-state index contributed by atoms with van der Waals surface area (Å²) in [5.41, 5.74) is 0.0352. The van der Waals surface area contributed by atoms with Crippen LogP contribution in [-0.2, 0) is 4.79 Å². The first-order chi connectivity index (χ1) is 7.54. The molecule has 0 aromatic carbocycles. The summed E-state index contributed by atoms with van der Waals surface area (Å²) in [4.78, 5) is 23.0. The van der Waals surface area contributed by atoms with Gasteiger partial charge in [0.15, 0.2) is 18.4 Å². The zero-order valence-electron chi connectivity index (χ0n) is 10.8. The zero-order chi connectivity index (χ0) is 13.8. The molecule has 0 fully saturated rings. The third-order valence-electron chi connectivity index (χ3n) is 1.97. The van der Waals surface area contributed by atoms with Gasteiger partial charge in [0.05, 0.1) is 28.9 Å². The Morgan fingerprint density at radius 3 is 2.29 bits per heavy atom. The molecule has 0 aromatic heterocycles. The number of aliphatic hydroxyl groups excluding tert-OH is 2. The van der Waals surface area contributed by atoms with E-state index in [2.05, 4.69) is 6.58 Å². The quantitative estimate of drug-likeness (QED) is 0.383. The highest BCUT2D eigenvalue weighted by molar-refractivity contribution is 7.51. The summed E-state index contributed by atoms with van der Waals surface area (Å²) < 4.78 is 0.428. The second-order valence-electron chi connectivity index (χ2n) is 5.09. The van der Waals surface area contributed by atoms with Crippen molar-refractivity contribution in [2.75, 3.05) is 33.8 Å². The van der Waals surface area contributed by atoms with Crippen LogP contribution in [0, 0.1) is 0 Å². The molecule has 2 unspecified atom stereocenters. The van der Waals surface area contributed by atoms with Crippen molar-refractivity contribution in [3.05, 3.63) is 12.2 Å². The summed E-state index contributed by atoms with van der Waals surface area (Å²) in [6.07, 6.45) is -1.61. The van der Waals surface area contributed by atoms with Gasteiger partial charge in [-0.3, -0.25) is 4.79 Å². The standard InChI is InChI=1S/C11H20NO4P/c1-8(2)11(15)9(13)7-17(16)10(14)6-12(3,4)5/h9,13H,1,6-7H2,2-5H3/p+1. The Labute approximate surface area is 103 Å². The van der Waals surface area contributed by atoms with Crippen LogP contribution in [0.2, 0.25) is 0 Å². The number of hydrogen-bond donors (Lipinski definition) is 2. The van der Waals surface area contributed by atoms with Crippen molar-refractivity contribution in [1.29, 1.82) is 0 Å². The van der Waals surface area contributed by atoms with E-state index in [1.807, 2.05) is 21.1 Å². The molecular weight excluding hydrogens is 241 g/mol. The molecule has 17 heavy (non-hydrogen) atoms. The highest BCUT2D eigenvalue weighted by Gasteiger charge is 2.24. The van der Waals surface area contributed by atoms with Gasteiger partial charge in [0.2, 0.25) is 0 Å². The summed E-state index contributed by atoms with van der Waals surface area (Å²) in [7, 11) is 3.42. The van der Waals surface area contributed by atoms with Crippen LogP contribution < -0.4 is 4.89 Å². The maximum absolute atomic E-state index is 11.7. The van der Waals surface area contributed by atoms with E-state index in [4.69, 9.17) is 0 Å². The number of nitrogens with zero attached hydrogens (tertiary/aromatic N) is 1. The third-order valence-corrected chi connectivity index (χ3v) is 3.36. The highest BCUT2D eigenvalue weighted by atomic mass is 31.1. The van der Waals surface area contributed by atoms with Crippen LogP contribution >= 0.6 is 7.77 Å². The van der Waals surface area contributed by atoms with Crippen LogP contribution in [0.25, 0.3) is 0 Å². The first-order valence-corrected chi connectivity index (χ1v) is 6.67. The number of Topliss-reactive ketones (excluding diaryl/α,β-unsaturated/α-hetero) is 1. The average Bonchev–Trinajstić information content (AvgIpc) is 2.13. The number of ketones is 1. The predicted molar refractivity (Wildman–Crippen MR) is 67.5 cm³/mol. The Morgan fingerprint density at radius 2 is 1.94 bits per heavy atom. The van der Waals surface area contributed by atoms with Crippen molar-refractivity contribution in [3.63, 3.8) is 0 Å². The molecule has 0 aliphatic heterocycles. The molecule has 0 aliphatic rings. The SMILES string of the molecule is C=C(C)C(=O)C(O)C/[P+]([O-])=C(\O)C[N+](C)(C)C. The second kappa shape index (κ2) is 6.38. The number of aliphatic hydroxyl groups is 2. The van der Waals surface area contributed by atoms with E-state index in [0.29, 0.717) is 4.48 Å². The molecule has 0 spiro atoms. The fourth-order valence-corrected chi connectivity index (χ4v) is 2.41. The Morgan fingerprint density at radius 1 is 1.47 bits per heavy atom. The molecule has 5 nitrogen and oxygen atoms in total. The van der Waals surface area contributed by atoms with Crippen molar-refractivity contribution in [3.8, 4) is 0 Å². The summed E-state index contributed by atoms with van der Waals surface area (Å²) in [6, 6.07) is 0. The number of carbonyl (C=O) groups excluding carboxylic acids is 1. The molecule has 0 amide bonds. The monoisotopic (exact) mass is 262 g/mol. The molecule has 0 saturated carbocycles. The summed E-state index contributed by atoms with van der Waals surface area (Å²) in [6.45, 7) is 5.12. The van der Waals surface area contributed by atoms with E-state index in [1.54, 1.807) is 0 Å². The predicted octanol–water partition coefficient (Wildman–Crippen LogP) is -0.542. The lowest BCUT2D eigenvalue weighted by Gasteiger charge is -2.22. The number of rotatable bonds is 6. The van der Waals surface area contributed by atoms with E-state index in [9.17, 15) is 19.9 Å². The van der Waals surface area contributed by atoms with Crippen molar-refractivity contribution in [2.24, 2.45) is 0 Å². The Bertz CT molecular complexity index is 344. The maximum atomic E-state index is 11.7. The van der Waals surface area contributed by atoms with Gasteiger partial charge in [-0.05, 0) is 12.5 Å². The van der Waals surface area contributed by atoms with Gasteiger partial charge in [-0.25, -0.2) is 0 Å². The van der Waals surface area contributed by atoms with Gasteiger partial charge in [0.1, 0.15) is 6.16 Å². The van der Waals surface area contributed by atoms with Gasteiger partial charge >= 0.3 is 0 Å². The van der Waals surface area contributed by atoms with Crippen molar-refractivity contribution >= 4 is 19.0 Å². The lowest BCUT2D eigenvalue weighted by Crippen LogP contribution is -2.40. The fourth-order valence-electron chi connectivity index (χ4n) is 1.13. The zero-order valence-corrected chi connectivity index (χ0v) is 11.7. The van der Waals surface area contributed by atoms with Gasteiger partial charge in [0.25, 0.3) is 5.48 Å². The molecule has 0 heterocycles. The third kappa shape index (κ3) is 6.66. The number of likely N-dealkylation sites (N-methyl/N-ethyl adjacent to an activating group) is 1. The summed E-state index contributed by atoms with van der Waals surface area (Å²) >= 11 is 0. The molecule has 0 rings (SSSR count). The largest absolute Gasteiger partial charge is 0.628 e. The molecule has 0 radical (unpaired) electrons. The number of hydrogen-bond acceptors (Lipinski definition) is 3. The Hall–Kier alpha value is -0.580. The van der Waals surface area contributed by atoms with Gasteiger partial charge < -0.3 is 19.6 Å². The lowest BCUT2D eigenvalue weighted by atomic mass is 10.1. The van der Waals surface area contributed by atoms with Crippen LogP contribution in [0.1, 0.15) is 6.92 Å². The molecule has 0 saturated heterocycles. The van der Waals surface area contributed by atoms with Crippen LogP contribution in [0.3, 0.4) is 0 Å². The van der Waals surface area contributed by atoms with Crippen LogP contribution in [-0.4, -0.2) is 65.9 Å². The molecule has 0 bridgehead atoms. The molecule has 2 atom stereocenters. The number of carbonyl (C=O) groups is 1. The molecule has 0 aliphatic carbocycles. The first kappa shape index (κ1) is 16.4. The minimum atomic E-state index is -2.11. The van der Waals surface area contributed by atoms with Crippen LogP contribution in [0.15, 0.2) is 12.2 Å². The number of quaternary nitrogens is 1. The summed E-state index contributed by atoms with van der Waals surface area (Å²) in [5, 5.41) is 19.1. The van der Waals surface area contributed by atoms with E-state index in [0.717, 1.165) is 0 Å². The van der Waals surface area contributed by atoms with E-state index >= 15 is 0 Å². The van der Waals surface area contributed by atoms with Gasteiger partial charge in [-0.1, -0.05) is 6.58 Å².